The summed E-state index contributed by atoms with van der Waals surface area (Å²) in [4.78, 5) is 14.3. The number of para-hydroxylation sites is 2. The molecule has 0 aliphatic carbocycles. The Kier molecular flexibility index (Phi) is 6.65. The van der Waals surface area contributed by atoms with Crippen LogP contribution in [-0.2, 0) is 4.79 Å². The Labute approximate surface area is 162 Å². The van der Waals surface area contributed by atoms with E-state index in [-0.39, 0.29) is 24.3 Å². The monoisotopic (exact) mass is 392 g/mol. The second-order valence-corrected chi connectivity index (χ2v) is 6.28. The van der Waals surface area contributed by atoms with E-state index in [9.17, 15) is 13.6 Å². The quantitative estimate of drug-likeness (QED) is 0.746. The van der Waals surface area contributed by atoms with Gasteiger partial charge in [0.15, 0.2) is 11.5 Å². The number of benzene rings is 2. The summed E-state index contributed by atoms with van der Waals surface area (Å²) < 4.78 is 40.3. The second-order valence-electron chi connectivity index (χ2n) is 6.28. The van der Waals surface area contributed by atoms with Gasteiger partial charge in [-0.25, -0.2) is 0 Å². The van der Waals surface area contributed by atoms with Crippen LogP contribution in [0.4, 0.5) is 14.5 Å². The van der Waals surface area contributed by atoms with Crippen molar-refractivity contribution in [1.82, 2.24) is 4.90 Å². The van der Waals surface area contributed by atoms with Crippen molar-refractivity contribution in [2.45, 2.75) is 19.6 Å². The van der Waals surface area contributed by atoms with E-state index >= 15 is 0 Å². The minimum absolute atomic E-state index is 0.0397. The SMILES string of the molecule is CCN(CC(=O)Nc1ccc(OC(F)F)cc1)CC1COc2ccccc2O1. The molecule has 0 aromatic heterocycles. The number of carbonyl (C=O) groups excluding carboxylic acids is 1. The Bertz CT molecular complexity index is 786. The molecule has 2 aromatic carbocycles. The number of ether oxygens (including phenoxy) is 3. The zero-order chi connectivity index (χ0) is 19.9. The molecule has 1 N–H and O–H groups in total. The lowest BCUT2D eigenvalue weighted by atomic mass is 10.2. The van der Waals surface area contributed by atoms with Crippen LogP contribution in [0.2, 0.25) is 0 Å². The summed E-state index contributed by atoms with van der Waals surface area (Å²) >= 11 is 0. The molecule has 150 valence electrons. The molecule has 0 saturated heterocycles. The topological polar surface area (TPSA) is 60.0 Å². The van der Waals surface area contributed by atoms with E-state index in [0.29, 0.717) is 31.1 Å². The first-order chi connectivity index (χ1) is 13.5. The van der Waals surface area contributed by atoms with Crippen LogP contribution in [0, 0.1) is 0 Å². The van der Waals surface area contributed by atoms with Crippen LogP contribution in [0.25, 0.3) is 0 Å². The predicted molar refractivity (Wildman–Crippen MR) is 100 cm³/mol. The average Bonchev–Trinajstić information content (AvgIpc) is 2.68. The van der Waals surface area contributed by atoms with Gasteiger partial charge >= 0.3 is 6.61 Å². The summed E-state index contributed by atoms with van der Waals surface area (Å²) in [5.74, 6) is 1.25. The number of nitrogens with zero attached hydrogens (tertiary/aromatic N) is 1. The van der Waals surface area contributed by atoms with Gasteiger partial charge in [-0.3, -0.25) is 9.69 Å². The van der Waals surface area contributed by atoms with E-state index in [2.05, 4.69) is 10.1 Å². The van der Waals surface area contributed by atoms with Gasteiger partial charge < -0.3 is 19.5 Å². The average molecular weight is 392 g/mol. The Morgan fingerprint density at radius 3 is 2.61 bits per heavy atom. The smallest absolute Gasteiger partial charge is 0.387 e. The molecule has 0 saturated carbocycles. The van der Waals surface area contributed by atoms with Crippen molar-refractivity contribution < 1.29 is 27.8 Å². The number of likely N-dealkylation sites (N-methyl/N-ethyl adjacent to an activating group) is 1. The molecule has 0 fully saturated rings. The standard InChI is InChI=1S/C20H22F2N2O4/c1-2-24(11-16-13-26-17-5-3-4-6-18(17)27-16)12-19(25)23-14-7-9-15(10-8-14)28-20(21)22/h3-10,16,20H,2,11-13H2,1H3,(H,23,25). The van der Waals surface area contributed by atoms with Gasteiger partial charge in [0, 0.05) is 12.2 Å². The number of hydrogen-bond acceptors (Lipinski definition) is 5. The summed E-state index contributed by atoms with van der Waals surface area (Å²) in [6, 6.07) is 13.3. The van der Waals surface area contributed by atoms with Crippen molar-refractivity contribution >= 4 is 11.6 Å². The van der Waals surface area contributed by atoms with Crippen LogP contribution in [0.3, 0.4) is 0 Å². The minimum Gasteiger partial charge on any atom is -0.486 e. The Hall–Kier alpha value is -2.87. The lowest BCUT2D eigenvalue weighted by Crippen LogP contribution is -2.43. The first-order valence-electron chi connectivity index (χ1n) is 8.99. The largest absolute Gasteiger partial charge is 0.486 e. The van der Waals surface area contributed by atoms with Gasteiger partial charge in [0.25, 0.3) is 0 Å². The molecule has 0 radical (unpaired) electrons. The third-order valence-corrected chi connectivity index (χ3v) is 4.21. The van der Waals surface area contributed by atoms with Gasteiger partial charge in [-0.05, 0) is 42.9 Å². The van der Waals surface area contributed by atoms with Crippen LogP contribution >= 0.6 is 0 Å². The summed E-state index contributed by atoms with van der Waals surface area (Å²) in [5.41, 5.74) is 0.508. The normalized spacial score (nSPS) is 15.5. The van der Waals surface area contributed by atoms with Crippen molar-refractivity contribution in [3.05, 3.63) is 48.5 Å². The number of nitrogens with one attached hydrogen (secondary N) is 1. The molecular formula is C20H22F2N2O4. The Morgan fingerprint density at radius 1 is 1.21 bits per heavy atom. The summed E-state index contributed by atoms with van der Waals surface area (Å²) in [5, 5.41) is 2.74. The van der Waals surface area contributed by atoms with Crippen molar-refractivity contribution in [3.8, 4) is 17.2 Å². The van der Waals surface area contributed by atoms with Crippen molar-refractivity contribution in [1.29, 1.82) is 0 Å². The maximum absolute atomic E-state index is 12.3. The fraction of sp³-hybridized carbons (Fsp3) is 0.350. The molecule has 1 amide bonds. The third-order valence-electron chi connectivity index (χ3n) is 4.21. The third kappa shape index (κ3) is 5.56. The maximum Gasteiger partial charge on any atom is 0.387 e. The highest BCUT2D eigenvalue weighted by Crippen LogP contribution is 2.31. The molecular weight excluding hydrogens is 370 g/mol. The maximum atomic E-state index is 12.3. The van der Waals surface area contributed by atoms with Crippen LogP contribution in [0.1, 0.15) is 6.92 Å². The number of amides is 1. The molecule has 2 aromatic rings. The zero-order valence-electron chi connectivity index (χ0n) is 15.4. The highest BCUT2D eigenvalue weighted by atomic mass is 19.3. The lowest BCUT2D eigenvalue weighted by Gasteiger charge is -2.30. The van der Waals surface area contributed by atoms with E-state index < -0.39 is 6.61 Å². The molecule has 28 heavy (non-hydrogen) atoms. The summed E-state index contributed by atoms with van der Waals surface area (Å²) in [6.45, 7) is 0.877. The van der Waals surface area contributed by atoms with Crippen LogP contribution < -0.4 is 19.5 Å². The van der Waals surface area contributed by atoms with Gasteiger partial charge in [0.1, 0.15) is 18.5 Å². The van der Waals surface area contributed by atoms with Gasteiger partial charge in [0.2, 0.25) is 5.91 Å². The number of alkyl halides is 2. The highest BCUT2D eigenvalue weighted by Gasteiger charge is 2.23. The number of halogens is 2. The fourth-order valence-electron chi connectivity index (χ4n) is 2.87. The lowest BCUT2D eigenvalue weighted by molar-refractivity contribution is -0.117. The van der Waals surface area contributed by atoms with Crippen molar-refractivity contribution in [2.75, 3.05) is 31.6 Å². The van der Waals surface area contributed by atoms with Crippen LogP contribution in [0.15, 0.2) is 48.5 Å². The number of carbonyl (C=O) groups is 1. The first-order valence-corrected chi connectivity index (χ1v) is 8.99. The van der Waals surface area contributed by atoms with Crippen LogP contribution in [0.5, 0.6) is 17.2 Å². The van der Waals surface area contributed by atoms with Gasteiger partial charge in [-0.2, -0.15) is 8.78 Å². The number of fused-ring (bicyclic) bond motifs is 1. The Morgan fingerprint density at radius 2 is 1.93 bits per heavy atom. The second kappa shape index (κ2) is 9.36. The van der Waals surface area contributed by atoms with E-state index in [0.717, 1.165) is 5.75 Å². The fourth-order valence-corrected chi connectivity index (χ4v) is 2.87. The molecule has 6 nitrogen and oxygen atoms in total. The van der Waals surface area contributed by atoms with E-state index in [1.165, 1.54) is 24.3 Å². The van der Waals surface area contributed by atoms with Gasteiger partial charge in [0.05, 0.1) is 6.54 Å². The molecule has 1 aliphatic heterocycles. The Balaban J connectivity index is 1.49. The molecule has 0 bridgehead atoms. The molecule has 1 heterocycles. The summed E-state index contributed by atoms with van der Waals surface area (Å²) in [7, 11) is 0. The first kappa shape index (κ1) is 19.9. The van der Waals surface area contributed by atoms with E-state index in [1.807, 2.05) is 36.1 Å². The van der Waals surface area contributed by atoms with Crippen LogP contribution in [-0.4, -0.2) is 49.8 Å². The molecule has 1 unspecified atom stereocenters. The van der Waals surface area contributed by atoms with E-state index in [4.69, 9.17) is 9.47 Å². The molecule has 1 atom stereocenters. The van der Waals surface area contributed by atoms with Gasteiger partial charge in [-0.1, -0.05) is 19.1 Å². The molecule has 3 rings (SSSR count). The molecule has 0 spiro atoms. The predicted octanol–water partition coefficient (Wildman–Crippen LogP) is 3.39. The van der Waals surface area contributed by atoms with E-state index in [1.54, 1.807) is 0 Å². The van der Waals surface area contributed by atoms with Gasteiger partial charge in [-0.15, -0.1) is 0 Å². The number of rotatable bonds is 8. The zero-order valence-corrected chi connectivity index (χ0v) is 15.4. The molecule has 8 heteroatoms. The minimum atomic E-state index is -2.88. The number of anilines is 1. The summed E-state index contributed by atoms with van der Waals surface area (Å²) in [6.07, 6.45) is -0.173. The highest BCUT2D eigenvalue weighted by molar-refractivity contribution is 5.92. The molecule has 1 aliphatic rings. The van der Waals surface area contributed by atoms with Crippen molar-refractivity contribution in [3.63, 3.8) is 0 Å². The van der Waals surface area contributed by atoms with Crippen molar-refractivity contribution in [2.24, 2.45) is 0 Å². The number of hydrogen-bond donors (Lipinski definition) is 1.